The third kappa shape index (κ3) is 2.82. The first-order valence-corrected chi connectivity index (χ1v) is 7.46. The highest BCUT2D eigenvalue weighted by atomic mass is 35.5. The maximum atomic E-state index is 12.4. The van der Waals surface area contributed by atoms with E-state index in [9.17, 15) is 8.42 Å². The van der Waals surface area contributed by atoms with Crippen LogP contribution in [0, 0.1) is 0 Å². The number of ether oxygens (including phenoxy) is 1. The van der Waals surface area contributed by atoms with Gasteiger partial charge >= 0.3 is 0 Å². The predicted molar refractivity (Wildman–Crippen MR) is 71.2 cm³/mol. The van der Waals surface area contributed by atoms with Crippen LogP contribution < -0.4 is 11.3 Å². The molecule has 19 heavy (non-hydrogen) atoms. The molecule has 3 N–H and O–H groups in total. The van der Waals surface area contributed by atoms with E-state index in [4.69, 9.17) is 22.2 Å². The second-order valence-electron chi connectivity index (χ2n) is 4.18. The number of nitrogen functional groups attached to an aromatic ring is 1. The Balaban J connectivity index is 2.30. The van der Waals surface area contributed by atoms with Gasteiger partial charge in [0.1, 0.15) is 4.90 Å². The van der Waals surface area contributed by atoms with E-state index in [2.05, 4.69) is 10.4 Å². The van der Waals surface area contributed by atoms with Crippen molar-refractivity contribution in [3.63, 3.8) is 0 Å². The number of nitrogens with zero attached hydrogens (tertiary/aromatic N) is 2. The molecular formula is C10H15ClN4O3S. The van der Waals surface area contributed by atoms with Crippen LogP contribution in [0.5, 0.6) is 0 Å². The number of anilines is 1. The largest absolute Gasteiger partial charge is 0.380 e. The van der Waals surface area contributed by atoms with Gasteiger partial charge in [-0.15, -0.1) is 0 Å². The Morgan fingerprint density at radius 2 is 2.37 bits per heavy atom. The van der Waals surface area contributed by atoms with Crippen molar-refractivity contribution in [3.05, 3.63) is 17.3 Å². The van der Waals surface area contributed by atoms with Crippen molar-refractivity contribution in [2.45, 2.75) is 17.4 Å². The SMILES string of the molecule is CN(C1CCOC1)S(=O)(=O)c1cnc(NN)c(Cl)c1. The molecule has 0 aliphatic carbocycles. The third-order valence-corrected chi connectivity index (χ3v) is 5.21. The average Bonchev–Trinajstić information content (AvgIpc) is 2.91. The van der Waals surface area contributed by atoms with Crippen LogP contribution in [0.2, 0.25) is 5.02 Å². The van der Waals surface area contributed by atoms with Crippen molar-refractivity contribution in [3.8, 4) is 0 Å². The van der Waals surface area contributed by atoms with Gasteiger partial charge in [0.15, 0.2) is 5.82 Å². The fourth-order valence-electron chi connectivity index (χ4n) is 1.84. The number of nitrogens with one attached hydrogen (secondary N) is 1. The van der Waals surface area contributed by atoms with Gasteiger partial charge in [0, 0.05) is 19.9 Å². The summed E-state index contributed by atoms with van der Waals surface area (Å²) in [7, 11) is -2.11. The van der Waals surface area contributed by atoms with Gasteiger partial charge in [-0.3, -0.25) is 0 Å². The normalized spacial score (nSPS) is 19.9. The Labute approximate surface area is 116 Å². The van der Waals surface area contributed by atoms with E-state index in [1.807, 2.05) is 0 Å². The van der Waals surface area contributed by atoms with Crippen LogP contribution >= 0.6 is 11.6 Å². The van der Waals surface area contributed by atoms with E-state index in [1.165, 1.54) is 23.6 Å². The van der Waals surface area contributed by atoms with E-state index in [0.717, 1.165) is 0 Å². The van der Waals surface area contributed by atoms with Gasteiger partial charge in [-0.1, -0.05) is 11.6 Å². The molecule has 2 heterocycles. The molecule has 106 valence electrons. The number of hydrazine groups is 1. The van der Waals surface area contributed by atoms with Crippen molar-refractivity contribution in [2.24, 2.45) is 5.84 Å². The van der Waals surface area contributed by atoms with E-state index < -0.39 is 10.0 Å². The first-order valence-electron chi connectivity index (χ1n) is 5.64. The molecule has 0 amide bonds. The summed E-state index contributed by atoms with van der Waals surface area (Å²) in [6.45, 7) is 0.971. The number of sulfonamides is 1. The molecule has 1 aliphatic rings. The summed E-state index contributed by atoms with van der Waals surface area (Å²) in [6, 6.07) is 1.17. The standard InChI is InChI=1S/C10H15ClN4O3S/c1-15(7-2-3-18-6-7)19(16,17)8-4-9(11)10(14-12)13-5-8/h4-5,7H,2-3,6,12H2,1H3,(H,13,14). The number of pyridine rings is 1. The zero-order chi connectivity index (χ0) is 14.0. The molecule has 1 aliphatic heterocycles. The van der Waals surface area contributed by atoms with Crippen molar-refractivity contribution in [2.75, 3.05) is 25.7 Å². The molecule has 9 heteroatoms. The van der Waals surface area contributed by atoms with Crippen molar-refractivity contribution >= 4 is 27.4 Å². The highest BCUT2D eigenvalue weighted by Crippen LogP contribution is 2.25. The molecule has 1 fully saturated rings. The van der Waals surface area contributed by atoms with Crippen LogP contribution in [0.1, 0.15) is 6.42 Å². The van der Waals surface area contributed by atoms with E-state index in [-0.39, 0.29) is 21.8 Å². The lowest BCUT2D eigenvalue weighted by molar-refractivity contribution is 0.181. The number of nitrogens with two attached hydrogens (primary N) is 1. The summed E-state index contributed by atoms with van der Waals surface area (Å²) in [5, 5.41) is 0.152. The summed E-state index contributed by atoms with van der Waals surface area (Å²) in [5.74, 6) is 5.42. The van der Waals surface area contributed by atoms with Crippen LogP contribution in [0.25, 0.3) is 0 Å². The zero-order valence-electron chi connectivity index (χ0n) is 10.3. The molecule has 1 atom stereocenters. The average molecular weight is 307 g/mol. The topological polar surface area (TPSA) is 97.5 Å². The lowest BCUT2D eigenvalue weighted by atomic mass is 10.3. The number of hydrogen-bond donors (Lipinski definition) is 2. The molecular weight excluding hydrogens is 292 g/mol. The Morgan fingerprint density at radius 3 is 2.89 bits per heavy atom. The molecule has 1 aromatic rings. The lowest BCUT2D eigenvalue weighted by Gasteiger charge is -2.22. The molecule has 0 bridgehead atoms. The molecule has 0 aromatic carbocycles. The van der Waals surface area contributed by atoms with Crippen molar-refractivity contribution in [1.29, 1.82) is 0 Å². The minimum atomic E-state index is -3.63. The van der Waals surface area contributed by atoms with Crippen LogP contribution in [0.3, 0.4) is 0 Å². The van der Waals surface area contributed by atoms with Gasteiger partial charge in [-0.2, -0.15) is 4.31 Å². The number of hydrogen-bond acceptors (Lipinski definition) is 6. The highest BCUT2D eigenvalue weighted by Gasteiger charge is 2.31. The Hall–Kier alpha value is -0.930. The quantitative estimate of drug-likeness (QED) is 0.618. The second-order valence-corrected chi connectivity index (χ2v) is 6.59. The fourth-order valence-corrected chi connectivity index (χ4v) is 3.47. The summed E-state index contributed by atoms with van der Waals surface area (Å²) in [4.78, 5) is 3.90. The van der Waals surface area contributed by atoms with E-state index in [1.54, 1.807) is 0 Å². The molecule has 1 saturated heterocycles. The molecule has 0 saturated carbocycles. The molecule has 1 aromatic heterocycles. The molecule has 0 radical (unpaired) electrons. The van der Waals surface area contributed by atoms with Crippen molar-refractivity contribution in [1.82, 2.24) is 9.29 Å². The molecule has 7 nitrogen and oxygen atoms in total. The summed E-state index contributed by atoms with van der Waals surface area (Å²) < 4.78 is 31.3. The Kier molecular flexibility index (Phi) is 4.26. The first-order chi connectivity index (χ1) is 8.96. The first kappa shape index (κ1) is 14.5. The van der Waals surface area contributed by atoms with E-state index in [0.29, 0.717) is 19.6 Å². The monoisotopic (exact) mass is 306 g/mol. The summed E-state index contributed by atoms with van der Waals surface area (Å²) >= 11 is 5.89. The fraction of sp³-hybridized carbons (Fsp3) is 0.500. The van der Waals surface area contributed by atoms with Crippen LogP contribution in [-0.4, -0.2) is 44.0 Å². The van der Waals surface area contributed by atoms with Crippen molar-refractivity contribution < 1.29 is 13.2 Å². The third-order valence-electron chi connectivity index (χ3n) is 3.05. The number of likely N-dealkylation sites (N-methyl/N-ethyl adjacent to an activating group) is 1. The number of aromatic nitrogens is 1. The Morgan fingerprint density at radius 1 is 1.63 bits per heavy atom. The zero-order valence-corrected chi connectivity index (χ0v) is 11.9. The molecule has 0 spiro atoms. The summed E-state index contributed by atoms with van der Waals surface area (Å²) in [6.07, 6.45) is 1.90. The van der Waals surface area contributed by atoms with Gasteiger partial charge < -0.3 is 10.2 Å². The molecule has 2 rings (SSSR count). The van der Waals surface area contributed by atoms with E-state index >= 15 is 0 Å². The van der Waals surface area contributed by atoms with Gasteiger partial charge in [-0.05, 0) is 12.5 Å². The maximum absolute atomic E-state index is 12.4. The smallest absolute Gasteiger partial charge is 0.244 e. The van der Waals surface area contributed by atoms with Crippen LogP contribution in [0.15, 0.2) is 17.2 Å². The summed E-state index contributed by atoms with van der Waals surface area (Å²) in [5.41, 5.74) is 2.29. The van der Waals surface area contributed by atoms with Gasteiger partial charge in [-0.25, -0.2) is 19.2 Å². The second kappa shape index (κ2) is 5.59. The van der Waals surface area contributed by atoms with Gasteiger partial charge in [0.05, 0.1) is 17.7 Å². The minimum absolute atomic E-state index is 0.0332. The highest BCUT2D eigenvalue weighted by molar-refractivity contribution is 7.89. The Bertz CT molecular complexity index is 560. The molecule has 1 unspecified atom stereocenters. The van der Waals surface area contributed by atoms with Gasteiger partial charge in [0.2, 0.25) is 10.0 Å². The van der Waals surface area contributed by atoms with Crippen LogP contribution in [0.4, 0.5) is 5.82 Å². The predicted octanol–water partition coefficient (Wildman–Crippen LogP) is 0.430. The maximum Gasteiger partial charge on any atom is 0.244 e. The van der Waals surface area contributed by atoms with Gasteiger partial charge in [0.25, 0.3) is 0 Å². The number of halogens is 1. The van der Waals surface area contributed by atoms with Crippen LogP contribution in [-0.2, 0) is 14.8 Å². The minimum Gasteiger partial charge on any atom is -0.380 e. The number of rotatable bonds is 4. The lowest BCUT2D eigenvalue weighted by Crippen LogP contribution is -2.37.